The van der Waals surface area contributed by atoms with Gasteiger partial charge in [0.2, 0.25) is 7.85 Å². The zero-order valence-electron chi connectivity index (χ0n) is 17.3. The summed E-state index contributed by atoms with van der Waals surface area (Å²) in [4.78, 5) is 26.8. The molecule has 0 aliphatic carbocycles. The van der Waals surface area contributed by atoms with Crippen molar-refractivity contribution >= 4 is 19.7 Å². The second kappa shape index (κ2) is 11.5. The fraction of sp³-hybridized carbons (Fsp3) is 0.600. The van der Waals surface area contributed by atoms with Gasteiger partial charge >= 0.3 is 6.09 Å². The number of cyclic esters (lactones) is 1. The maximum Gasteiger partial charge on any atom is 0.414 e. The second-order valence-electron chi connectivity index (χ2n) is 7.16. The molecule has 2 atom stereocenters. The first-order valence-electron chi connectivity index (χ1n) is 9.81. The summed E-state index contributed by atoms with van der Waals surface area (Å²) in [5, 5.41) is 2.66. The molecule has 1 fully saturated rings. The topological polar surface area (TPSA) is 61.9 Å². The largest absolute Gasteiger partial charge is 0.442 e. The predicted molar refractivity (Wildman–Crippen MR) is 112 cm³/mol. The van der Waals surface area contributed by atoms with E-state index in [1.165, 1.54) is 19.2 Å². The quantitative estimate of drug-likeness (QED) is 0.421. The van der Waals surface area contributed by atoms with Gasteiger partial charge in [0.15, 0.2) is 5.81 Å². The molecule has 2 amide bonds. The molecule has 1 aliphatic heterocycles. The molecule has 1 N–H and O–H groups in total. The summed E-state index contributed by atoms with van der Waals surface area (Å²) in [6.45, 7) is 17.4. The predicted octanol–water partition coefficient (Wildman–Crippen LogP) is 2.88. The Hall–Kier alpha value is -2.18. The van der Waals surface area contributed by atoms with E-state index in [2.05, 4.69) is 44.1 Å². The lowest BCUT2D eigenvalue weighted by Crippen LogP contribution is -2.33. The molecule has 1 rings (SSSR count). The lowest BCUT2D eigenvalue weighted by molar-refractivity contribution is 0.135. The molecule has 0 spiro atoms. The molecule has 0 radical (unpaired) electrons. The standard InChI is InChI=1S/C20H34BN3O3/c1-6-11-23(12-10-15(3)7-2)16(4)8-9-17(5)24-14-18(27-20(24)26)13-22-19(21)25/h8-9,15,18H,4-7,10-14,21H2,1-3H3,(H,22,25)/b9-8-. The molecule has 0 aromatic rings. The highest BCUT2D eigenvalue weighted by Gasteiger charge is 2.32. The second-order valence-corrected chi connectivity index (χ2v) is 7.16. The Morgan fingerprint density at radius 2 is 2.11 bits per heavy atom. The maximum atomic E-state index is 12.0. The molecule has 0 bridgehead atoms. The highest BCUT2D eigenvalue weighted by Crippen LogP contribution is 2.18. The summed E-state index contributed by atoms with van der Waals surface area (Å²) < 4.78 is 5.26. The van der Waals surface area contributed by atoms with Crippen LogP contribution in [0, 0.1) is 5.92 Å². The molecular formula is C20H34BN3O3. The Morgan fingerprint density at radius 1 is 1.41 bits per heavy atom. The van der Waals surface area contributed by atoms with Crippen LogP contribution < -0.4 is 5.32 Å². The molecule has 7 heteroatoms. The molecule has 0 aromatic heterocycles. The molecule has 0 saturated carbocycles. The monoisotopic (exact) mass is 375 g/mol. The minimum Gasteiger partial charge on any atom is -0.442 e. The molecule has 150 valence electrons. The van der Waals surface area contributed by atoms with E-state index in [1.54, 1.807) is 6.08 Å². The fourth-order valence-electron chi connectivity index (χ4n) is 2.76. The zero-order chi connectivity index (χ0) is 20.4. The first-order chi connectivity index (χ1) is 12.8. The number of rotatable bonds is 12. The Kier molecular flexibility index (Phi) is 9.76. The van der Waals surface area contributed by atoms with Gasteiger partial charge in [0.05, 0.1) is 13.1 Å². The minimum absolute atomic E-state index is 0.145. The van der Waals surface area contributed by atoms with Crippen LogP contribution in [0.5, 0.6) is 0 Å². The van der Waals surface area contributed by atoms with Crippen molar-refractivity contribution in [1.29, 1.82) is 0 Å². The number of amides is 2. The van der Waals surface area contributed by atoms with Crippen molar-refractivity contribution in [3.63, 3.8) is 0 Å². The third-order valence-corrected chi connectivity index (χ3v) is 4.76. The fourth-order valence-corrected chi connectivity index (χ4v) is 2.76. The van der Waals surface area contributed by atoms with E-state index in [1.807, 2.05) is 6.08 Å². The molecule has 2 unspecified atom stereocenters. The van der Waals surface area contributed by atoms with Crippen LogP contribution in [0.3, 0.4) is 0 Å². The van der Waals surface area contributed by atoms with E-state index in [9.17, 15) is 9.59 Å². The first kappa shape index (κ1) is 22.9. The average molecular weight is 375 g/mol. The van der Waals surface area contributed by atoms with Gasteiger partial charge in [0, 0.05) is 24.5 Å². The van der Waals surface area contributed by atoms with Crippen LogP contribution in [0.25, 0.3) is 0 Å². The Bertz CT molecular complexity index is 577. The molecule has 1 aliphatic rings. The molecule has 6 nitrogen and oxygen atoms in total. The van der Waals surface area contributed by atoms with Crippen molar-refractivity contribution in [3.8, 4) is 0 Å². The van der Waals surface area contributed by atoms with Crippen molar-refractivity contribution in [2.45, 2.75) is 46.1 Å². The molecule has 0 aromatic carbocycles. The zero-order valence-corrected chi connectivity index (χ0v) is 17.3. The van der Waals surface area contributed by atoms with E-state index >= 15 is 0 Å². The van der Waals surface area contributed by atoms with Crippen LogP contribution in [-0.4, -0.2) is 61.8 Å². The third kappa shape index (κ3) is 7.93. The number of ether oxygens (including phenoxy) is 1. The highest BCUT2D eigenvalue weighted by atomic mass is 16.6. The van der Waals surface area contributed by atoms with Crippen LogP contribution >= 0.6 is 0 Å². The number of carbonyl (C=O) groups is 2. The van der Waals surface area contributed by atoms with E-state index in [-0.39, 0.29) is 11.9 Å². The summed E-state index contributed by atoms with van der Waals surface area (Å²) >= 11 is 0. The number of nitrogens with one attached hydrogen (secondary N) is 1. The SMILES string of the molecule is BC(=O)NCC1CN(C(=C)/C=C\C(=C)N(CCC)CCC(C)CC)C(=O)O1. The molecule has 1 saturated heterocycles. The normalized spacial score (nSPS) is 17.7. The van der Waals surface area contributed by atoms with Crippen LogP contribution in [0.4, 0.5) is 9.59 Å². The average Bonchev–Trinajstić information content (AvgIpc) is 3.01. The van der Waals surface area contributed by atoms with Crippen LogP contribution in [0.1, 0.15) is 40.0 Å². The summed E-state index contributed by atoms with van der Waals surface area (Å²) in [7, 11) is 1.44. The Balaban J connectivity index is 2.59. The number of allylic oxidation sites excluding steroid dienone is 2. The summed E-state index contributed by atoms with van der Waals surface area (Å²) in [5.74, 6) is 0.545. The number of nitrogens with zero attached hydrogens (tertiary/aromatic N) is 2. The number of hydrogen-bond acceptors (Lipinski definition) is 4. The van der Waals surface area contributed by atoms with Gasteiger partial charge < -0.3 is 15.0 Å². The third-order valence-electron chi connectivity index (χ3n) is 4.76. The summed E-state index contributed by atoms with van der Waals surface area (Å²) in [5.41, 5.74) is 1.48. The van der Waals surface area contributed by atoms with Gasteiger partial charge in [-0.2, -0.15) is 0 Å². The van der Waals surface area contributed by atoms with Crippen LogP contribution in [-0.2, 0) is 4.74 Å². The van der Waals surface area contributed by atoms with Crippen molar-refractivity contribution < 1.29 is 14.3 Å². The van der Waals surface area contributed by atoms with Gasteiger partial charge in [-0.15, -0.1) is 0 Å². The minimum atomic E-state index is -0.437. The van der Waals surface area contributed by atoms with Crippen molar-refractivity contribution in [1.82, 2.24) is 15.1 Å². The molecule has 1 heterocycles. The van der Waals surface area contributed by atoms with Gasteiger partial charge in [-0.1, -0.05) is 40.3 Å². The van der Waals surface area contributed by atoms with E-state index in [0.717, 1.165) is 31.6 Å². The molecular weight excluding hydrogens is 341 g/mol. The van der Waals surface area contributed by atoms with Crippen LogP contribution in [0.2, 0.25) is 0 Å². The number of hydrogen-bond donors (Lipinski definition) is 1. The van der Waals surface area contributed by atoms with Gasteiger partial charge in [-0.05, 0) is 30.9 Å². The van der Waals surface area contributed by atoms with E-state index in [0.29, 0.717) is 24.7 Å². The Labute approximate surface area is 164 Å². The van der Waals surface area contributed by atoms with Crippen molar-refractivity contribution in [2.24, 2.45) is 5.92 Å². The van der Waals surface area contributed by atoms with Gasteiger partial charge in [-0.25, -0.2) is 4.79 Å². The maximum absolute atomic E-state index is 12.0. The van der Waals surface area contributed by atoms with Crippen molar-refractivity contribution in [3.05, 3.63) is 36.7 Å². The van der Waals surface area contributed by atoms with Gasteiger partial charge in [0.25, 0.3) is 0 Å². The lowest BCUT2D eigenvalue weighted by Gasteiger charge is -2.26. The van der Waals surface area contributed by atoms with Gasteiger partial charge in [-0.3, -0.25) is 9.69 Å². The highest BCUT2D eigenvalue weighted by molar-refractivity contribution is 6.57. The lowest BCUT2D eigenvalue weighted by atomic mass is 10.0. The summed E-state index contributed by atoms with van der Waals surface area (Å²) in [6, 6.07) is 0. The van der Waals surface area contributed by atoms with Gasteiger partial charge in [0.1, 0.15) is 6.10 Å². The van der Waals surface area contributed by atoms with Crippen LogP contribution in [0.15, 0.2) is 36.7 Å². The smallest absolute Gasteiger partial charge is 0.414 e. The summed E-state index contributed by atoms with van der Waals surface area (Å²) in [6.07, 6.45) is 6.27. The van der Waals surface area contributed by atoms with E-state index < -0.39 is 6.09 Å². The molecule has 27 heavy (non-hydrogen) atoms. The Morgan fingerprint density at radius 3 is 2.70 bits per heavy atom. The van der Waals surface area contributed by atoms with E-state index in [4.69, 9.17) is 4.74 Å². The number of carbonyl (C=O) groups excluding carboxylic acids is 2. The van der Waals surface area contributed by atoms with Crippen molar-refractivity contribution in [2.75, 3.05) is 26.2 Å². The first-order valence-corrected chi connectivity index (χ1v) is 9.81.